The molecule has 6 nitrogen and oxygen atoms in total. The van der Waals surface area contributed by atoms with Crippen LogP contribution in [0, 0.1) is 12.7 Å². The quantitative estimate of drug-likeness (QED) is 0.821. The summed E-state index contributed by atoms with van der Waals surface area (Å²) >= 11 is 0. The zero-order valence-corrected chi connectivity index (χ0v) is 16.2. The average Bonchev–Trinajstić information content (AvgIpc) is 3.22. The lowest BCUT2D eigenvalue weighted by Crippen LogP contribution is -2.47. The first-order valence-electron chi connectivity index (χ1n) is 9.76. The Labute approximate surface area is 166 Å². The maximum Gasteiger partial charge on any atom is 0.318 e. The topological polar surface area (TPSA) is 76.2 Å². The largest absolute Gasteiger partial charge is 0.335 e. The number of rotatable bonds is 3. The number of alkyl halides is 2. The van der Waals surface area contributed by atoms with Crippen LogP contribution in [0.15, 0.2) is 18.2 Å². The first-order valence-corrected chi connectivity index (χ1v) is 9.76. The Balaban J connectivity index is 1.54. The standard InChI is InChI=1S/C20H24F3N5O/c1-12-8-13(2-3-16(12)21)18-15(10-24)17-11-27(6-7-28(17)26-18)19(29)25-14-4-5-20(22,23)9-14/h2-3,8,14H,4-7,9-11,24H2,1H3,(H,25,29). The van der Waals surface area contributed by atoms with E-state index in [4.69, 9.17) is 5.73 Å². The van der Waals surface area contributed by atoms with E-state index in [2.05, 4.69) is 10.4 Å². The first kappa shape index (κ1) is 19.8. The van der Waals surface area contributed by atoms with E-state index in [0.717, 1.165) is 16.8 Å². The summed E-state index contributed by atoms with van der Waals surface area (Å²) in [5.74, 6) is -2.99. The SMILES string of the molecule is Cc1cc(-c2nn3c(c2CN)CN(C(=O)NC2CCC(F)(F)C2)CC3)ccc1F. The highest BCUT2D eigenvalue weighted by atomic mass is 19.3. The molecule has 1 fully saturated rings. The number of benzene rings is 1. The molecule has 1 saturated carbocycles. The third-order valence-electron chi connectivity index (χ3n) is 5.74. The third-order valence-corrected chi connectivity index (χ3v) is 5.74. The summed E-state index contributed by atoms with van der Waals surface area (Å²) in [6.45, 7) is 3.13. The van der Waals surface area contributed by atoms with Crippen LogP contribution in [0.5, 0.6) is 0 Å². The van der Waals surface area contributed by atoms with Gasteiger partial charge in [0.05, 0.1) is 24.5 Å². The van der Waals surface area contributed by atoms with Crippen LogP contribution in [0.1, 0.15) is 36.1 Å². The summed E-state index contributed by atoms with van der Waals surface area (Å²) in [5.41, 5.74) is 9.58. The third kappa shape index (κ3) is 3.83. The highest BCUT2D eigenvalue weighted by Gasteiger charge is 2.40. The number of nitrogens with two attached hydrogens (primary N) is 1. The zero-order valence-electron chi connectivity index (χ0n) is 16.2. The van der Waals surface area contributed by atoms with E-state index < -0.39 is 12.0 Å². The summed E-state index contributed by atoms with van der Waals surface area (Å²) in [6, 6.07) is 3.95. The molecule has 1 atom stereocenters. The number of halogens is 3. The first-order chi connectivity index (χ1) is 13.8. The molecule has 4 rings (SSSR count). The van der Waals surface area contributed by atoms with Gasteiger partial charge in [-0.15, -0.1) is 0 Å². The number of amides is 2. The molecule has 9 heteroatoms. The molecule has 3 N–H and O–H groups in total. The van der Waals surface area contributed by atoms with Crippen LogP contribution in [0.4, 0.5) is 18.0 Å². The van der Waals surface area contributed by atoms with Gasteiger partial charge >= 0.3 is 6.03 Å². The second-order valence-electron chi connectivity index (χ2n) is 7.83. The number of fused-ring (bicyclic) bond motifs is 1. The van der Waals surface area contributed by atoms with Crippen LogP contribution in [0.3, 0.4) is 0 Å². The van der Waals surface area contributed by atoms with E-state index in [1.165, 1.54) is 6.07 Å². The predicted octanol–water partition coefficient (Wildman–Crippen LogP) is 3.17. The van der Waals surface area contributed by atoms with Gasteiger partial charge in [-0.3, -0.25) is 4.68 Å². The Morgan fingerprint density at radius 1 is 1.38 bits per heavy atom. The van der Waals surface area contributed by atoms with Crippen LogP contribution in [0.2, 0.25) is 0 Å². The Kier molecular flexibility index (Phi) is 5.02. The fourth-order valence-corrected chi connectivity index (χ4v) is 4.12. The lowest BCUT2D eigenvalue weighted by Gasteiger charge is -2.29. The van der Waals surface area contributed by atoms with Gasteiger partial charge in [0.2, 0.25) is 5.92 Å². The highest BCUT2D eigenvalue weighted by molar-refractivity contribution is 5.75. The minimum Gasteiger partial charge on any atom is -0.335 e. The smallest absolute Gasteiger partial charge is 0.318 e. The van der Waals surface area contributed by atoms with Gasteiger partial charge in [-0.2, -0.15) is 5.10 Å². The molecule has 1 aromatic carbocycles. The monoisotopic (exact) mass is 407 g/mol. The average molecular weight is 407 g/mol. The van der Waals surface area contributed by atoms with E-state index in [1.807, 2.05) is 4.68 Å². The van der Waals surface area contributed by atoms with Crippen molar-refractivity contribution in [2.75, 3.05) is 6.54 Å². The molecule has 29 heavy (non-hydrogen) atoms. The summed E-state index contributed by atoms with van der Waals surface area (Å²) in [7, 11) is 0. The van der Waals surface area contributed by atoms with Crippen molar-refractivity contribution in [1.29, 1.82) is 0 Å². The van der Waals surface area contributed by atoms with Gasteiger partial charge in [0.25, 0.3) is 0 Å². The van der Waals surface area contributed by atoms with Crippen molar-refractivity contribution < 1.29 is 18.0 Å². The van der Waals surface area contributed by atoms with Gasteiger partial charge in [-0.1, -0.05) is 0 Å². The van der Waals surface area contributed by atoms with Gasteiger partial charge in [0.1, 0.15) is 5.82 Å². The van der Waals surface area contributed by atoms with Gasteiger partial charge in [0.15, 0.2) is 0 Å². The number of hydrogen-bond acceptors (Lipinski definition) is 3. The Morgan fingerprint density at radius 2 is 2.17 bits per heavy atom. The molecule has 156 valence electrons. The van der Waals surface area contributed by atoms with Crippen molar-refractivity contribution in [1.82, 2.24) is 20.0 Å². The van der Waals surface area contributed by atoms with E-state index >= 15 is 0 Å². The van der Waals surface area contributed by atoms with Gasteiger partial charge in [-0.05, 0) is 37.1 Å². The van der Waals surface area contributed by atoms with Crippen molar-refractivity contribution in [2.45, 2.75) is 57.8 Å². The Morgan fingerprint density at radius 3 is 2.83 bits per heavy atom. The summed E-state index contributed by atoms with van der Waals surface area (Å²) in [5, 5.41) is 7.36. The van der Waals surface area contributed by atoms with Crippen LogP contribution in [-0.4, -0.2) is 39.2 Å². The molecule has 0 saturated heterocycles. The molecule has 1 aromatic heterocycles. The Hall–Kier alpha value is -2.55. The van der Waals surface area contributed by atoms with Crippen molar-refractivity contribution in [3.05, 3.63) is 40.8 Å². The molecule has 0 spiro atoms. The lowest BCUT2D eigenvalue weighted by molar-refractivity contribution is 0.00715. The second-order valence-corrected chi connectivity index (χ2v) is 7.83. The molecule has 1 aliphatic heterocycles. The lowest BCUT2D eigenvalue weighted by atomic mass is 10.0. The number of aryl methyl sites for hydroxylation is 1. The summed E-state index contributed by atoms with van der Waals surface area (Å²) in [6.07, 6.45) is -0.220. The van der Waals surface area contributed by atoms with Crippen molar-refractivity contribution in [3.8, 4) is 11.3 Å². The number of urea groups is 1. The normalized spacial score (nSPS) is 20.6. The number of carbonyl (C=O) groups is 1. The minimum absolute atomic E-state index is 0.192. The molecule has 2 heterocycles. The molecule has 0 radical (unpaired) electrons. The van der Waals surface area contributed by atoms with Gasteiger partial charge in [0, 0.05) is 43.1 Å². The molecule has 2 amide bonds. The van der Waals surface area contributed by atoms with Crippen LogP contribution in [0.25, 0.3) is 11.3 Å². The maximum atomic E-state index is 13.6. The molecule has 2 aliphatic rings. The summed E-state index contributed by atoms with van der Waals surface area (Å²) < 4.78 is 42.2. The fourth-order valence-electron chi connectivity index (χ4n) is 4.12. The van der Waals surface area contributed by atoms with Crippen molar-refractivity contribution in [2.24, 2.45) is 5.73 Å². The number of nitrogens with zero attached hydrogens (tertiary/aromatic N) is 3. The number of hydrogen-bond donors (Lipinski definition) is 2. The number of carbonyl (C=O) groups excluding carboxylic acids is 1. The van der Waals surface area contributed by atoms with Crippen LogP contribution >= 0.6 is 0 Å². The van der Waals surface area contributed by atoms with Crippen LogP contribution < -0.4 is 11.1 Å². The fraction of sp³-hybridized carbons (Fsp3) is 0.500. The molecular weight excluding hydrogens is 383 g/mol. The van der Waals surface area contributed by atoms with Crippen molar-refractivity contribution in [3.63, 3.8) is 0 Å². The highest BCUT2D eigenvalue weighted by Crippen LogP contribution is 2.35. The minimum atomic E-state index is -2.70. The Bertz CT molecular complexity index is 942. The van der Waals surface area contributed by atoms with E-state index in [-0.39, 0.29) is 37.7 Å². The van der Waals surface area contributed by atoms with E-state index in [1.54, 1.807) is 24.0 Å². The number of nitrogens with one attached hydrogen (secondary N) is 1. The van der Waals surface area contributed by atoms with Crippen molar-refractivity contribution >= 4 is 6.03 Å². The second kappa shape index (κ2) is 7.37. The summed E-state index contributed by atoms with van der Waals surface area (Å²) in [4.78, 5) is 14.2. The van der Waals surface area contributed by atoms with Crippen LogP contribution in [-0.2, 0) is 19.6 Å². The molecular formula is C20H24F3N5O. The van der Waals surface area contributed by atoms with E-state index in [9.17, 15) is 18.0 Å². The zero-order chi connectivity index (χ0) is 20.8. The predicted molar refractivity (Wildman–Crippen MR) is 102 cm³/mol. The van der Waals surface area contributed by atoms with E-state index in [0.29, 0.717) is 30.9 Å². The maximum absolute atomic E-state index is 13.6. The van der Waals surface area contributed by atoms with Gasteiger partial charge in [-0.25, -0.2) is 18.0 Å². The van der Waals surface area contributed by atoms with Gasteiger partial charge < -0.3 is 16.0 Å². The molecule has 2 aromatic rings. The molecule has 1 unspecified atom stereocenters. The molecule has 0 bridgehead atoms. The molecule has 1 aliphatic carbocycles. The number of aromatic nitrogens is 2.